The summed E-state index contributed by atoms with van der Waals surface area (Å²) in [6.45, 7) is 0.804. The van der Waals surface area contributed by atoms with Crippen LogP contribution in [0.15, 0.2) is 146 Å². The lowest BCUT2D eigenvalue weighted by atomic mass is 10.1. The highest BCUT2D eigenvalue weighted by atomic mass is 16.5. The highest BCUT2D eigenvalue weighted by Gasteiger charge is 2.15. The van der Waals surface area contributed by atoms with Crippen molar-refractivity contribution in [3.05, 3.63) is 212 Å². The quantitative estimate of drug-likeness (QED) is 0.0358. The van der Waals surface area contributed by atoms with Crippen LogP contribution in [0.3, 0.4) is 0 Å². The minimum Gasteiger partial charge on any atom is -0.489 e. The highest BCUT2D eigenvalue weighted by Crippen LogP contribution is 2.33. The van der Waals surface area contributed by atoms with Crippen LogP contribution in [0.25, 0.3) is 0 Å². The summed E-state index contributed by atoms with van der Waals surface area (Å²) in [4.78, 5) is 47.9. The Kier molecular flexibility index (Phi) is 17.9. The molecule has 0 aliphatic heterocycles. The summed E-state index contributed by atoms with van der Waals surface area (Å²) >= 11 is 0. The van der Waals surface area contributed by atoms with Gasteiger partial charge in [-0.05, 0) is 106 Å². The molecule has 0 heterocycles. The van der Waals surface area contributed by atoms with Gasteiger partial charge in [0, 0.05) is 24.3 Å². The van der Waals surface area contributed by atoms with Gasteiger partial charge in [0.2, 0.25) is 0 Å². The van der Waals surface area contributed by atoms with Gasteiger partial charge in [-0.1, -0.05) is 60.4 Å². The molecular weight excluding hydrogens is 945 g/mol. The normalized spacial score (nSPS) is 10.4. The van der Waals surface area contributed by atoms with Crippen LogP contribution in [0.2, 0.25) is 0 Å². The molecule has 74 heavy (non-hydrogen) atoms. The zero-order chi connectivity index (χ0) is 52.4. The van der Waals surface area contributed by atoms with Gasteiger partial charge >= 0.3 is 23.9 Å². The fourth-order valence-electron chi connectivity index (χ4n) is 7.19. The Morgan fingerprint density at radius 1 is 0.324 bits per heavy atom. The number of carbonyl (C=O) groups is 4. The number of rotatable bonds is 22. The summed E-state index contributed by atoms with van der Waals surface area (Å²) in [5.41, 5.74) is 7.04. The van der Waals surface area contributed by atoms with Gasteiger partial charge in [0.05, 0.1) is 61.8 Å². The van der Waals surface area contributed by atoms with Gasteiger partial charge in [-0.25, -0.2) is 19.2 Å². The number of benzene rings is 7. The second-order valence-electron chi connectivity index (χ2n) is 16.2. The zero-order valence-electron chi connectivity index (χ0n) is 41.0. The summed E-state index contributed by atoms with van der Waals surface area (Å²) in [6.07, 6.45) is 12.1. The van der Waals surface area contributed by atoms with Crippen molar-refractivity contribution < 1.29 is 66.5 Å². The van der Waals surface area contributed by atoms with Crippen LogP contribution in [0, 0.1) is 24.7 Å². The monoisotopic (exact) mass is 994 g/mol. The number of ether oxygens (including phenoxy) is 10. The molecule has 0 N–H and O–H groups in total. The second-order valence-corrected chi connectivity index (χ2v) is 16.2. The van der Waals surface area contributed by atoms with Gasteiger partial charge in [-0.15, -0.1) is 12.8 Å². The van der Waals surface area contributed by atoms with Gasteiger partial charge in [0.15, 0.2) is 0 Å². The van der Waals surface area contributed by atoms with E-state index < -0.39 is 23.9 Å². The summed E-state index contributed by atoms with van der Waals surface area (Å²) in [5.74, 6) is 6.21. The zero-order valence-corrected chi connectivity index (χ0v) is 41.0. The first-order valence-corrected chi connectivity index (χ1v) is 22.8. The van der Waals surface area contributed by atoms with Crippen LogP contribution in [0.5, 0.6) is 34.5 Å². The minimum absolute atomic E-state index is 0.0362. The van der Waals surface area contributed by atoms with Gasteiger partial charge in [0.25, 0.3) is 0 Å². The van der Waals surface area contributed by atoms with E-state index in [0.717, 1.165) is 22.3 Å². The number of carbonyl (C=O) groups excluding carboxylic acids is 4. The third-order valence-corrected chi connectivity index (χ3v) is 11.2. The third-order valence-electron chi connectivity index (χ3n) is 11.2. The SMILES string of the molecule is C#Cc1cc(OCc2cc(OCc3ccc(C(=O)OC)cc3)cc(OCc3ccc(C(=O)OC)cc3)c2)c(C#C)cc1OCc1cc(OCc2ccc(C(=O)OC)cc2)cc(OCc2ccc(C(=O)OC)cc2)c1. The predicted molar refractivity (Wildman–Crippen MR) is 272 cm³/mol. The molecule has 7 aromatic carbocycles. The summed E-state index contributed by atoms with van der Waals surface area (Å²) < 4.78 is 56.8. The maximum absolute atomic E-state index is 12.0. The summed E-state index contributed by atoms with van der Waals surface area (Å²) in [7, 11) is 5.30. The molecule has 7 rings (SSSR count). The Morgan fingerprint density at radius 3 is 0.770 bits per heavy atom. The van der Waals surface area contributed by atoms with Crippen molar-refractivity contribution in [2.75, 3.05) is 28.4 Å². The molecule has 0 unspecified atom stereocenters. The summed E-state index contributed by atoms with van der Waals surface area (Å²) in [5, 5.41) is 0. The lowest BCUT2D eigenvalue weighted by Crippen LogP contribution is -2.05. The first-order valence-electron chi connectivity index (χ1n) is 22.8. The van der Waals surface area contributed by atoms with E-state index in [1.807, 2.05) is 24.3 Å². The average molecular weight is 995 g/mol. The van der Waals surface area contributed by atoms with Gasteiger partial charge in [0.1, 0.15) is 74.1 Å². The minimum atomic E-state index is -0.441. The molecule has 0 aliphatic rings. The molecule has 0 aliphatic carbocycles. The predicted octanol–water partition coefficient (Wildman–Crippen LogP) is 10.3. The fraction of sp³-hybridized carbons (Fsp3) is 0.167. The lowest BCUT2D eigenvalue weighted by molar-refractivity contribution is 0.0592. The Morgan fingerprint density at radius 2 is 0.554 bits per heavy atom. The van der Waals surface area contributed by atoms with Crippen LogP contribution in [-0.2, 0) is 58.6 Å². The van der Waals surface area contributed by atoms with E-state index in [1.54, 1.807) is 121 Å². The molecule has 0 amide bonds. The molecule has 0 fully saturated rings. The topological polar surface area (TPSA) is 161 Å². The van der Waals surface area contributed by atoms with Crippen LogP contribution in [0.1, 0.15) is 85.9 Å². The van der Waals surface area contributed by atoms with E-state index in [0.29, 0.717) is 79.0 Å². The van der Waals surface area contributed by atoms with Gasteiger partial charge < -0.3 is 47.4 Å². The molecule has 0 aromatic heterocycles. The summed E-state index contributed by atoms with van der Waals surface area (Å²) in [6, 6.07) is 41.6. The second kappa shape index (κ2) is 25.5. The number of hydrogen-bond acceptors (Lipinski definition) is 14. The van der Waals surface area contributed by atoms with Crippen molar-refractivity contribution in [1.29, 1.82) is 0 Å². The molecule has 0 bridgehead atoms. The lowest BCUT2D eigenvalue weighted by Gasteiger charge is -2.16. The molecule has 14 nitrogen and oxygen atoms in total. The van der Waals surface area contributed by atoms with Crippen LogP contribution < -0.4 is 28.4 Å². The van der Waals surface area contributed by atoms with Crippen molar-refractivity contribution in [3.63, 3.8) is 0 Å². The highest BCUT2D eigenvalue weighted by molar-refractivity contribution is 5.90. The Balaban J connectivity index is 1.08. The number of esters is 4. The number of methoxy groups -OCH3 is 4. The van der Waals surface area contributed by atoms with E-state index in [1.165, 1.54) is 28.4 Å². The number of hydrogen-bond donors (Lipinski definition) is 0. The van der Waals surface area contributed by atoms with E-state index >= 15 is 0 Å². The van der Waals surface area contributed by atoms with Crippen LogP contribution in [-0.4, -0.2) is 52.3 Å². The van der Waals surface area contributed by atoms with Gasteiger partial charge in [-0.3, -0.25) is 0 Å². The largest absolute Gasteiger partial charge is 0.489 e. The van der Waals surface area contributed by atoms with Crippen molar-refractivity contribution in [1.82, 2.24) is 0 Å². The Labute approximate surface area is 428 Å². The maximum Gasteiger partial charge on any atom is 0.337 e. The average Bonchev–Trinajstić information content (AvgIpc) is 3.45. The molecule has 0 atom stereocenters. The molecule has 14 heteroatoms. The van der Waals surface area contributed by atoms with E-state index in [2.05, 4.69) is 11.8 Å². The molecule has 0 spiro atoms. The molecular formula is C60H50O14. The standard InChI is InChI=1S/C60H50O14/c1-7-45-29-56(74-38-44-27-53(71-35-41-13-21-49(22-14-41)59(63)67-5)32-54(28-44)72-36-42-15-23-50(24-16-42)60(64)68-6)46(8-2)30-55(45)73-37-43-25-51(69-33-39-9-17-47(18-10-39)57(61)65-3)31-52(26-43)70-34-40-11-19-48(20-12-40)58(62)66-4/h1-2,9-32H,33-38H2,3-6H3. The third kappa shape index (κ3) is 14.2. The van der Waals surface area contributed by atoms with Crippen molar-refractivity contribution in [2.24, 2.45) is 0 Å². The number of terminal acetylenes is 2. The molecule has 374 valence electrons. The molecule has 7 aromatic rings. The Bertz CT molecular complexity index is 2800. The smallest absolute Gasteiger partial charge is 0.337 e. The fourth-order valence-corrected chi connectivity index (χ4v) is 7.19. The van der Waals surface area contributed by atoms with Crippen molar-refractivity contribution >= 4 is 23.9 Å². The van der Waals surface area contributed by atoms with Crippen molar-refractivity contribution in [3.8, 4) is 59.2 Å². The first kappa shape index (κ1) is 52.2. The van der Waals surface area contributed by atoms with Crippen LogP contribution >= 0.6 is 0 Å². The van der Waals surface area contributed by atoms with E-state index in [4.69, 9.17) is 60.2 Å². The van der Waals surface area contributed by atoms with E-state index in [-0.39, 0.29) is 39.6 Å². The van der Waals surface area contributed by atoms with Gasteiger partial charge in [-0.2, -0.15) is 0 Å². The molecule has 0 saturated carbocycles. The van der Waals surface area contributed by atoms with Crippen LogP contribution in [0.4, 0.5) is 0 Å². The maximum atomic E-state index is 12.0. The first-order chi connectivity index (χ1) is 36.0. The Hall–Kier alpha value is -9.66. The van der Waals surface area contributed by atoms with Crippen molar-refractivity contribution in [2.45, 2.75) is 39.6 Å². The van der Waals surface area contributed by atoms with E-state index in [9.17, 15) is 19.2 Å². The molecule has 0 radical (unpaired) electrons. The molecule has 0 saturated heterocycles.